The Bertz CT molecular complexity index is 1190. The molecule has 0 aliphatic carbocycles. The molecular formula is C18H18N4O5S. The highest BCUT2D eigenvalue weighted by atomic mass is 32.2. The number of aromatic nitrogens is 3. The molecule has 3 aromatic rings. The van der Waals surface area contributed by atoms with Gasteiger partial charge in [0.05, 0.1) is 24.0 Å². The van der Waals surface area contributed by atoms with Crippen LogP contribution in [-0.2, 0) is 23.0 Å². The van der Waals surface area contributed by atoms with Crippen LogP contribution in [0, 0.1) is 0 Å². The third-order valence-electron chi connectivity index (χ3n) is 4.80. The van der Waals surface area contributed by atoms with E-state index in [0.29, 0.717) is 29.3 Å². The summed E-state index contributed by atoms with van der Waals surface area (Å²) in [5.74, 6) is 0.886. The Balaban J connectivity index is 1.67. The average Bonchev–Trinajstić information content (AvgIpc) is 3.04. The van der Waals surface area contributed by atoms with E-state index in [0.717, 1.165) is 15.5 Å². The van der Waals surface area contributed by atoms with Crippen LogP contribution < -0.4 is 4.74 Å². The molecule has 10 heteroatoms. The van der Waals surface area contributed by atoms with Crippen molar-refractivity contribution in [3.05, 3.63) is 48.0 Å². The number of benzene rings is 1. The van der Waals surface area contributed by atoms with Gasteiger partial charge in [0.25, 0.3) is 0 Å². The van der Waals surface area contributed by atoms with Gasteiger partial charge in [0.2, 0.25) is 15.9 Å². The molecule has 9 nitrogen and oxygen atoms in total. The number of hydrogen-bond donors (Lipinski definition) is 1. The van der Waals surface area contributed by atoms with Gasteiger partial charge in [-0.1, -0.05) is 0 Å². The van der Waals surface area contributed by atoms with Crippen molar-refractivity contribution in [2.24, 2.45) is 0 Å². The minimum Gasteiger partial charge on any atom is -0.464 e. The molecule has 1 atom stereocenters. The lowest BCUT2D eigenvalue weighted by Crippen LogP contribution is -2.42. The summed E-state index contributed by atoms with van der Waals surface area (Å²) in [4.78, 5) is 19.7. The highest BCUT2D eigenvalue weighted by Crippen LogP contribution is 2.32. The summed E-state index contributed by atoms with van der Waals surface area (Å²) >= 11 is 0. The van der Waals surface area contributed by atoms with Crippen LogP contribution in [0.4, 0.5) is 4.79 Å². The fourth-order valence-corrected chi connectivity index (χ4v) is 4.55. The molecule has 0 saturated carbocycles. The Morgan fingerprint density at radius 3 is 2.79 bits per heavy atom. The molecule has 28 heavy (non-hydrogen) atoms. The largest absolute Gasteiger partial charge is 0.464 e. The van der Waals surface area contributed by atoms with Crippen molar-refractivity contribution in [1.82, 2.24) is 18.8 Å². The molecule has 1 aliphatic heterocycles. The zero-order chi connectivity index (χ0) is 20.1. The number of rotatable bonds is 3. The Morgan fingerprint density at radius 1 is 1.29 bits per heavy atom. The summed E-state index contributed by atoms with van der Waals surface area (Å²) in [6.45, 7) is 2.01. The second kappa shape index (κ2) is 6.57. The van der Waals surface area contributed by atoms with Gasteiger partial charge in [-0.25, -0.2) is 23.2 Å². The maximum Gasteiger partial charge on any atom is 0.415 e. The first-order valence-corrected chi connectivity index (χ1v) is 10.4. The summed E-state index contributed by atoms with van der Waals surface area (Å²) in [6, 6.07) is 6.53. The molecule has 0 radical (unpaired) electrons. The van der Waals surface area contributed by atoms with Crippen LogP contribution in [0.2, 0.25) is 0 Å². The van der Waals surface area contributed by atoms with Gasteiger partial charge < -0.3 is 9.84 Å². The molecule has 0 spiro atoms. The maximum atomic E-state index is 12.0. The quantitative estimate of drug-likeness (QED) is 0.715. The van der Waals surface area contributed by atoms with Crippen LogP contribution in [0.15, 0.2) is 36.8 Å². The lowest BCUT2D eigenvalue weighted by molar-refractivity contribution is 0.197. The smallest absolute Gasteiger partial charge is 0.415 e. The third-order valence-corrected chi connectivity index (χ3v) is 6.14. The SMILES string of the molecule is CC1Cc2c(ncnc2Oc2ccc3c(ccn3C(=O)O)c2)CN1S(C)(=O)=O. The lowest BCUT2D eigenvalue weighted by atomic mass is 10.0. The third kappa shape index (κ3) is 3.20. The van der Waals surface area contributed by atoms with Gasteiger partial charge in [-0.3, -0.25) is 4.57 Å². The highest BCUT2D eigenvalue weighted by Gasteiger charge is 2.32. The summed E-state index contributed by atoms with van der Waals surface area (Å²) in [5.41, 5.74) is 1.95. The predicted molar refractivity (Wildman–Crippen MR) is 101 cm³/mol. The van der Waals surface area contributed by atoms with E-state index in [9.17, 15) is 18.3 Å². The molecule has 0 amide bonds. The van der Waals surface area contributed by atoms with Crippen molar-refractivity contribution in [2.45, 2.75) is 25.9 Å². The van der Waals surface area contributed by atoms with E-state index < -0.39 is 16.1 Å². The van der Waals surface area contributed by atoms with Gasteiger partial charge in [0.1, 0.15) is 12.1 Å². The second-order valence-electron chi connectivity index (χ2n) is 6.76. The van der Waals surface area contributed by atoms with Crippen LogP contribution >= 0.6 is 0 Å². The van der Waals surface area contributed by atoms with Gasteiger partial charge in [0, 0.05) is 23.2 Å². The van der Waals surface area contributed by atoms with Crippen molar-refractivity contribution in [3.8, 4) is 11.6 Å². The first kappa shape index (κ1) is 18.4. The number of hydrogen-bond acceptors (Lipinski definition) is 6. The number of sulfonamides is 1. The Labute approximate surface area is 161 Å². The number of fused-ring (bicyclic) bond motifs is 2. The molecule has 0 saturated heterocycles. The van der Waals surface area contributed by atoms with Crippen molar-refractivity contribution < 1.29 is 23.1 Å². The van der Waals surface area contributed by atoms with E-state index in [1.165, 1.54) is 23.1 Å². The van der Waals surface area contributed by atoms with Gasteiger partial charge in [-0.2, -0.15) is 4.31 Å². The van der Waals surface area contributed by atoms with Crippen molar-refractivity contribution in [2.75, 3.05) is 6.26 Å². The zero-order valence-corrected chi connectivity index (χ0v) is 16.0. The van der Waals surface area contributed by atoms with Crippen LogP contribution in [0.3, 0.4) is 0 Å². The zero-order valence-electron chi connectivity index (χ0n) is 15.2. The van der Waals surface area contributed by atoms with Gasteiger partial charge in [-0.05, 0) is 37.6 Å². The monoisotopic (exact) mass is 402 g/mol. The molecule has 3 heterocycles. The summed E-state index contributed by atoms with van der Waals surface area (Å²) in [5, 5.41) is 9.90. The molecule has 2 aromatic heterocycles. The van der Waals surface area contributed by atoms with Crippen LogP contribution in [-0.4, -0.2) is 50.8 Å². The standard InChI is InChI=1S/C18H18N4O5S/c1-11-7-14-15(9-22(11)28(2,25)26)19-10-20-17(14)27-13-3-4-16-12(8-13)5-6-21(16)18(23)24/h3-6,8,10-11H,7,9H2,1-2H3,(H,23,24). The Hall–Kier alpha value is -2.98. The molecule has 4 rings (SSSR count). The number of carboxylic acid groups (broad SMARTS) is 1. The molecule has 146 valence electrons. The fourth-order valence-electron chi connectivity index (χ4n) is 3.47. The molecule has 1 unspecified atom stereocenters. The van der Waals surface area contributed by atoms with Crippen molar-refractivity contribution in [3.63, 3.8) is 0 Å². The van der Waals surface area contributed by atoms with E-state index in [-0.39, 0.29) is 12.6 Å². The first-order valence-electron chi connectivity index (χ1n) is 8.56. The number of carbonyl (C=O) groups is 1. The molecule has 0 fully saturated rings. The van der Waals surface area contributed by atoms with Crippen molar-refractivity contribution >= 4 is 27.0 Å². The Morgan fingerprint density at radius 2 is 2.07 bits per heavy atom. The Kier molecular flexibility index (Phi) is 4.31. The normalized spacial score (nSPS) is 17.4. The highest BCUT2D eigenvalue weighted by molar-refractivity contribution is 7.88. The molecule has 1 aliphatic rings. The number of nitrogens with zero attached hydrogens (tertiary/aromatic N) is 4. The van der Waals surface area contributed by atoms with Crippen LogP contribution in [0.1, 0.15) is 18.2 Å². The first-order chi connectivity index (χ1) is 13.2. The summed E-state index contributed by atoms with van der Waals surface area (Å²) in [7, 11) is -3.34. The van der Waals surface area contributed by atoms with E-state index >= 15 is 0 Å². The van der Waals surface area contributed by atoms with Gasteiger partial charge in [0.15, 0.2) is 0 Å². The molecule has 1 aromatic carbocycles. The van der Waals surface area contributed by atoms with Crippen LogP contribution in [0.25, 0.3) is 10.9 Å². The van der Waals surface area contributed by atoms with E-state index in [4.69, 9.17) is 4.74 Å². The maximum absolute atomic E-state index is 12.0. The molecular weight excluding hydrogens is 384 g/mol. The van der Waals surface area contributed by atoms with E-state index in [2.05, 4.69) is 9.97 Å². The lowest BCUT2D eigenvalue weighted by Gasteiger charge is -2.32. The number of ether oxygens (including phenoxy) is 1. The average molecular weight is 402 g/mol. The fraction of sp³-hybridized carbons (Fsp3) is 0.278. The van der Waals surface area contributed by atoms with E-state index in [1.54, 1.807) is 24.3 Å². The summed E-state index contributed by atoms with van der Waals surface area (Å²) in [6.07, 6.45) is 3.40. The van der Waals surface area contributed by atoms with E-state index in [1.807, 2.05) is 6.92 Å². The van der Waals surface area contributed by atoms with Gasteiger partial charge >= 0.3 is 6.09 Å². The minimum absolute atomic E-state index is 0.175. The summed E-state index contributed by atoms with van der Waals surface area (Å²) < 4.78 is 32.4. The van der Waals surface area contributed by atoms with Gasteiger partial charge in [-0.15, -0.1) is 0 Å². The molecule has 0 bridgehead atoms. The predicted octanol–water partition coefficient (Wildman–Crippen LogP) is 2.46. The molecule has 1 N–H and O–H groups in total. The van der Waals surface area contributed by atoms with Crippen LogP contribution in [0.5, 0.6) is 11.6 Å². The minimum atomic E-state index is -3.34. The topological polar surface area (TPSA) is 115 Å². The van der Waals surface area contributed by atoms with Crippen molar-refractivity contribution in [1.29, 1.82) is 0 Å². The second-order valence-corrected chi connectivity index (χ2v) is 8.69.